The fraction of sp³-hybridized carbons (Fsp3) is 0.500. The van der Waals surface area contributed by atoms with Crippen molar-refractivity contribution in [3.8, 4) is 0 Å². The highest BCUT2D eigenvalue weighted by Gasteiger charge is 2.09. The van der Waals surface area contributed by atoms with E-state index in [1.165, 1.54) is 19.3 Å². The van der Waals surface area contributed by atoms with Gasteiger partial charge in [-0.05, 0) is 31.0 Å². The highest BCUT2D eigenvalue weighted by molar-refractivity contribution is 5.91. The lowest BCUT2D eigenvalue weighted by molar-refractivity contribution is 0.0696. The Balaban J connectivity index is 2.54. The Morgan fingerprint density at radius 2 is 2.06 bits per heavy atom. The minimum atomic E-state index is -0.864. The van der Waals surface area contributed by atoms with Crippen LogP contribution in [0.25, 0.3) is 0 Å². The smallest absolute Gasteiger partial charge is 0.336 e. The topological polar surface area (TPSA) is 49.3 Å². The molecule has 2 N–H and O–H groups in total. The lowest BCUT2D eigenvalue weighted by Gasteiger charge is -2.11. The molecule has 1 rings (SSSR count). The fourth-order valence-electron chi connectivity index (χ4n) is 1.83. The van der Waals surface area contributed by atoms with Gasteiger partial charge in [0.2, 0.25) is 0 Å². The van der Waals surface area contributed by atoms with Crippen LogP contribution in [0, 0.1) is 6.92 Å². The summed E-state index contributed by atoms with van der Waals surface area (Å²) in [6.07, 6.45) is 4.84. The molecule has 0 saturated carbocycles. The summed E-state index contributed by atoms with van der Waals surface area (Å²) in [6, 6.07) is 5.35. The molecule has 0 spiro atoms. The normalized spacial score (nSPS) is 10.2. The van der Waals surface area contributed by atoms with Crippen molar-refractivity contribution in [3.63, 3.8) is 0 Å². The van der Waals surface area contributed by atoms with E-state index in [0.29, 0.717) is 5.56 Å². The maximum Gasteiger partial charge on any atom is 0.336 e. The van der Waals surface area contributed by atoms with Gasteiger partial charge >= 0.3 is 5.97 Å². The van der Waals surface area contributed by atoms with E-state index in [0.717, 1.165) is 24.2 Å². The average molecular weight is 235 g/mol. The quantitative estimate of drug-likeness (QED) is 0.709. The molecule has 0 radical (unpaired) electrons. The van der Waals surface area contributed by atoms with E-state index in [1.54, 1.807) is 12.1 Å². The predicted octanol–water partition coefficient (Wildman–Crippen LogP) is 3.69. The van der Waals surface area contributed by atoms with Crippen LogP contribution in [0.5, 0.6) is 0 Å². The Morgan fingerprint density at radius 1 is 1.29 bits per heavy atom. The van der Waals surface area contributed by atoms with Crippen molar-refractivity contribution < 1.29 is 9.90 Å². The summed E-state index contributed by atoms with van der Waals surface area (Å²) in [7, 11) is 0. The van der Waals surface area contributed by atoms with E-state index >= 15 is 0 Å². The number of aromatic carboxylic acids is 1. The Kier molecular flexibility index (Phi) is 5.53. The van der Waals surface area contributed by atoms with Crippen LogP contribution in [0.15, 0.2) is 18.2 Å². The number of carboxylic acid groups (broad SMARTS) is 1. The van der Waals surface area contributed by atoms with Gasteiger partial charge in [-0.3, -0.25) is 0 Å². The molecule has 94 valence electrons. The molecule has 0 saturated heterocycles. The first-order valence-corrected chi connectivity index (χ1v) is 6.23. The van der Waals surface area contributed by atoms with Gasteiger partial charge in [-0.2, -0.15) is 0 Å². The van der Waals surface area contributed by atoms with Crippen LogP contribution in [-0.2, 0) is 0 Å². The maximum atomic E-state index is 11.0. The molecule has 1 aromatic carbocycles. The molecule has 0 fully saturated rings. The lowest BCUT2D eigenvalue weighted by Crippen LogP contribution is -2.06. The van der Waals surface area contributed by atoms with Crippen molar-refractivity contribution in [2.24, 2.45) is 0 Å². The molecule has 0 unspecified atom stereocenters. The first kappa shape index (κ1) is 13.6. The third-order valence-corrected chi connectivity index (χ3v) is 2.91. The number of carboxylic acids is 1. The predicted molar refractivity (Wildman–Crippen MR) is 70.8 cm³/mol. The van der Waals surface area contributed by atoms with Gasteiger partial charge in [0, 0.05) is 12.2 Å². The van der Waals surface area contributed by atoms with Crippen LogP contribution in [0.4, 0.5) is 5.69 Å². The molecule has 0 atom stereocenters. The second kappa shape index (κ2) is 6.94. The minimum Gasteiger partial charge on any atom is -0.478 e. The SMILES string of the molecule is CCCCCCNc1cccc(C(=O)O)c1C. The number of hydrogen-bond acceptors (Lipinski definition) is 2. The van der Waals surface area contributed by atoms with Gasteiger partial charge < -0.3 is 10.4 Å². The summed E-state index contributed by atoms with van der Waals surface area (Å²) in [6.45, 7) is 4.94. The van der Waals surface area contributed by atoms with Crippen LogP contribution < -0.4 is 5.32 Å². The summed E-state index contributed by atoms with van der Waals surface area (Å²) >= 11 is 0. The van der Waals surface area contributed by atoms with E-state index in [-0.39, 0.29) is 0 Å². The van der Waals surface area contributed by atoms with Crippen molar-refractivity contribution in [2.45, 2.75) is 39.5 Å². The van der Waals surface area contributed by atoms with Gasteiger partial charge in [0.05, 0.1) is 5.56 Å². The summed E-state index contributed by atoms with van der Waals surface area (Å²) in [4.78, 5) is 11.0. The summed E-state index contributed by atoms with van der Waals surface area (Å²) < 4.78 is 0. The third kappa shape index (κ3) is 4.10. The van der Waals surface area contributed by atoms with Crippen LogP contribution in [0.3, 0.4) is 0 Å². The fourth-order valence-corrected chi connectivity index (χ4v) is 1.83. The zero-order valence-corrected chi connectivity index (χ0v) is 10.6. The highest BCUT2D eigenvalue weighted by Crippen LogP contribution is 2.19. The Labute approximate surface area is 103 Å². The van der Waals surface area contributed by atoms with E-state index in [9.17, 15) is 4.79 Å². The molecule has 0 aliphatic heterocycles. The van der Waals surface area contributed by atoms with Crippen molar-refractivity contribution in [1.82, 2.24) is 0 Å². The van der Waals surface area contributed by atoms with Crippen LogP contribution in [-0.4, -0.2) is 17.6 Å². The Morgan fingerprint density at radius 3 is 2.71 bits per heavy atom. The van der Waals surface area contributed by atoms with E-state index in [4.69, 9.17) is 5.11 Å². The number of anilines is 1. The van der Waals surface area contributed by atoms with Crippen molar-refractivity contribution in [2.75, 3.05) is 11.9 Å². The van der Waals surface area contributed by atoms with Gasteiger partial charge in [0.25, 0.3) is 0 Å². The zero-order valence-electron chi connectivity index (χ0n) is 10.6. The van der Waals surface area contributed by atoms with E-state index < -0.39 is 5.97 Å². The molecule has 3 nitrogen and oxygen atoms in total. The maximum absolute atomic E-state index is 11.0. The van der Waals surface area contributed by atoms with Gasteiger partial charge in [0.15, 0.2) is 0 Å². The summed E-state index contributed by atoms with van der Waals surface area (Å²) in [5, 5.41) is 12.3. The van der Waals surface area contributed by atoms with Crippen LogP contribution in [0.2, 0.25) is 0 Å². The first-order valence-electron chi connectivity index (χ1n) is 6.23. The number of rotatable bonds is 7. The summed E-state index contributed by atoms with van der Waals surface area (Å²) in [5.41, 5.74) is 2.13. The van der Waals surface area contributed by atoms with Crippen molar-refractivity contribution >= 4 is 11.7 Å². The van der Waals surface area contributed by atoms with Gasteiger partial charge in [-0.25, -0.2) is 4.79 Å². The lowest BCUT2D eigenvalue weighted by atomic mass is 10.1. The molecule has 0 aliphatic rings. The Bertz CT molecular complexity index is 374. The number of carbonyl (C=O) groups is 1. The van der Waals surface area contributed by atoms with Gasteiger partial charge in [-0.1, -0.05) is 32.3 Å². The molecular formula is C14H21NO2. The van der Waals surface area contributed by atoms with E-state index in [2.05, 4.69) is 12.2 Å². The standard InChI is InChI=1S/C14H21NO2/c1-3-4-5-6-10-15-13-9-7-8-12(11(13)2)14(16)17/h7-9,15H,3-6,10H2,1-2H3,(H,16,17). The molecule has 0 amide bonds. The molecule has 1 aromatic rings. The van der Waals surface area contributed by atoms with Crippen molar-refractivity contribution in [3.05, 3.63) is 29.3 Å². The minimum absolute atomic E-state index is 0.378. The molecule has 0 bridgehead atoms. The zero-order chi connectivity index (χ0) is 12.7. The number of nitrogens with one attached hydrogen (secondary N) is 1. The molecule has 3 heteroatoms. The Hall–Kier alpha value is -1.51. The molecule has 0 heterocycles. The second-order valence-electron chi connectivity index (χ2n) is 4.27. The second-order valence-corrected chi connectivity index (χ2v) is 4.27. The van der Waals surface area contributed by atoms with Crippen molar-refractivity contribution in [1.29, 1.82) is 0 Å². The number of unbranched alkanes of at least 4 members (excludes halogenated alkanes) is 3. The molecule has 0 aliphatic carbocycles. The van der Waals surface area contributed by atoms with Crippen LogP contribution in [0.1, 0.15) is 48.5 Å². The highest BCUT2D eigenvalue weighted by atomic mass is 16.4. The summed E-state index contributed by atoms with van der Waals surface area (Å²) in [5.74, 6) is -0.864. The third-order valence-electron chi connectivity index (χ3n) is 2.91. The van der Waals surface area contributed by atoms with E-state index in [1.807, 2.05) is 13.0 Å². The number of benzene rings is 1. The largest absolute Gasteiger partial charge is 0.478 e. The monoisotopic (exact) mass is 235 g/mol. The number of hydrogen-bond donors (Lipinski definition) is 2. The van der Waals surface area contributed by atoms with Gasteiger partial charge in [0.1, 0.15) is 0 Å². The van der Waals surface area contributed by atoms with Crippen LogP contribution >= 0.6 is 0 Å². The van der Waals surface area contributed by atoms with Gasteiger partial charge in [-0.15, -0.1) is 0 Å². The molecule has 0 aromatic heterocycles. The first-order chi connectivity index (χ1) is 8.16. The average Bonchev–Trinajstić information content (AvgIpc) is 2.30. The molecule has 17 heavy (non-hydrogen) atoms. The molecular weight excluding hydrogens is 214 g/mol.